The summed E-state index contributed by atoms with van der Waals surface area (Å²) in [5.74, 6) is 0. The third-order valence-electron chi connectivity index (χ3n) is 3.29. The summed E-state index contributed by atoms with van der Waals surface area (Å²) in [5, 5.41) is 1.29. The van der Waals surface area contributed by atoms with Crippen LogP contribution in [0.15, 0.2) is 28.7 Å². The SMILES string of the molecule is Cc1ncc(S(=O)Nc2ccc(C)c3c(C(F)F)c[nH]c23)s1. The van der Waals surface area contributed by atoms with Crippen molar-refractivity contribution in [1.82, 2.24) is 9.97 Å². The minimum Gasteiger partial charge on any atom is -0.359 e. The van der Waals surface area contributed by atoms with Gasteiger partial charge < -0.3 is 4.98 Å². The Bertz CT molecular complexity index is 857. The highest BCUT2D eigenvalue weighted by Crippen LogP contribution is 2.34. The molecule has 0 fully saturated rings. The Hall–Kier alpha value is -1.80. The van der Waals surface area contributed by atoms with Crippen LogP contribution in [0.25, 0.3) is 10.9 Å². The maximum atomic E-state index is 13.1. The van der Waals surface area contributed by atoms with Gasteiger partial charge in [0.15, 0.2) is 11.0 Å². The summed E-state index contributed by atoms with van der Waals surface area (Å²) in [5.41, 5.74) is 1.76. The van der Waals surface area contributed by atoms with E-state index in [0.717, 1.165) is 10.6 Å². The van der Waals surface area contributed by atoms with Gasteiger partial charge in [-0.2, -0.15) is 0 Å². The molecule has 116 valence electrons. The number of aromatic nitrogens is 2. The Morgan fingerprint density at radius 3 is 2.77 bits per heavy atom. The van der Waals surface area contributed by atoms with Crippen LogP contribution in [-0.2, 0) is 11.0 Å². The van der Waals surface area contributed by atoms with Gasteiger partial charge in [0.1, 0.15) is 4.21 Å². The van der Waals surface area contributed by atoms with Gasteiger partial charge in [0.05, 0.1) is 22.4 Å². The standard InChI is InChI=1S/C14H13F2N3OS2/c1-7-3-4-10(13-12(7)9(5-18-13)14(15)16)19-22(20)11-6-17-8(2)21-11/h3-6,14,18-19H,1-2H3. The lowest BCUT2D eigenvalue weighted by atomic mass is 10.1. The van der Waals surface area contributed by atoms with Crippen LogP contribution < -0.4 is 4.72 Å². The topological polar surface area (TPSA) is 57.8 Å². The number of nitrogens with one attached hydrogen (secondary N) is 2. The Morgan fingerprint density at radius 1 is 1.36 bits per heavy atom. The van der Waals surface area contributed by atoms with Crippen molar-refractivity contribution in [2.75, 3.05) is 4.72 Å². The molecule has 0 saturated heterocycles. The first-order valence-corrected chi connectivity index (χ1v) is 8.43. The van der Waals surface area contributed by atoms with Crippen molar-refractivity contribution in [3.05, 3.63) is 40.7 Å². The molecule has 0 radical (unpaired) electrons. The number of halogens is 2. The lowest BCUT2D eigenvalue weighted by Crippen LogP contribution is -2.03. The van der Waals surface area contributed by atoms with Gasteiger partial charge in [0, 0.05) is 17.1 Å². The van der Waals surface area contributed by atoms with Crippen LogP contribution in [0.3, 0.4) is 0 Å². The fraction of sp³-hybridized carbons (Fsp3) is 0.214. The molecule has 8 heteroatoms. The molecule has 3 aromatic rings. The molecule has 1 aromatic carbocycles. The number of aryl methyl sites for hydroxylation is 2. The zero-order valence-corrected chi connectivity index (χ0v) is 13.4. The fourth-order valence-corrected chi connectivity index (χ4v) is 4.20. The van der Waals surface area contributed by atoms with E-state index in [4.69, 9.17) is 0 Å². The molecule has 1 unspecified atom stereocenters. The summed E-state index contributed by atoms with van der Waals surface area (Å²) in [7, 11) is -1.48. The summed E-state index contributed by atoms with van der Waals surface area (Å²) in [6.45, 7) is 3.60. The molecule has 0 aliphatic heterocycles. The van der Waals surface area contributed by atoms with Crippen molar-refractivity contribution in [2.45, 2.75) is 24.5 Å². The number of hydrogen-bond acceptors (Lipinski definition) is 3. The van der Waals surface area contributed by atoms with E-state index in [1.54, 1.807) is 25.3 Å². The first-order chi connectivity index (χ1) is 10.5. The smallest absolute Gasteiger partial charge is 0.265 e. The van der Waals surface area contributed by atoms with Crippen molar-refractivity contribution in [3.8, 4) is 0 Å². The molecule has 4 nitrogen and oxygen atoms in total. The van der Waals surface area contributed by atoms with Gasteiger partial charge in [-0.15, -0.1) is 11.3 Å². The number of H-pyrrole nitrogens is 1. The monoisotopic (exact) mass is 341 g/mol. The van der Waals surface area contributed by atoms with E-state index in [1.807, 2.05) is 6.92 Å². The molecule has 0 bridgehead atoms. The van der Waals surface area contributed by atoms with Gasteiger partial charge in [0.2, 0.25) is 0 Å². The van der Waals surface area contributed by atoms with Gasteiger partial charge >= 0.3 is 0 Å². The third-order valence-corrected chi connectivity index (χ3v) is 5.58. The van der Waals surface area contributed by atoms with Crippen LogP contribution in [0.4, 0.5) is 14.5 Å². The number of rotatable bonds is 4. The first kappa shape index (κ1) is 15.1. The Labute approximate surface area is 132 Å². The third kappa shape index (κ3) is 2.64. The number of aromatic amines is 1. The largest absolute Gasteiger partial charge is 0.359 e. The number of hydrogen-bond donors (Lipinski definition) is 2. The molecule has 0 aliphatic carbocycles. The second kappa shape index (κ2) is 5.77. The van der Waals surface area contributed by atoms with Crippen LogP contribution in [0.1, 0.15) is 22.6 Å². The second-order valence-electron chi connectivity index (χ2n) is 4.79. The number of alkyl halides is 2. The zero-order chi connectivity index (χ0) is 15.9. The van der Waals surface area contributed by atoms with Gasteiger partial charge in [-0.05, 0) is 25.5 Å². The number of anilines is 1. The quantitative estimate of drug-likeness (QED) is 0.743. The average Bonchev–Trinajstić information content (AvgIpc) is 3.08. The summed E-state index contributed by atoms with van der Waals surface area (Å²) in [6.07, 6.45) is 0.290. The molecule has 0 saturated carbocycles. The lowest BCUT2D eigenvalue weighted by molar-refractivity contribution is 0.153. The number of nitrogens with zero attached hydrogens (tertiary/aromatic N) is 1. The van der Waals surface area contributed by atoms with E-state index in [2.05, 4.69) is 14.7 Å². The molecule has 0 amide bonds. The summed E-state index contributed by atoms with van der Waals surface area (Å²) in [4.78, 5) is 6.91. The zero-order valence-electron chi connectivity index (χ0n) is 11.8. The van der Waals surface area contributed by atoms with Crippen molar-refractivity contribution in [3.63, 3.8) is 0 Å². The van der Waals surface area contributed by atoms with Gasteiger partial charge in [0.25, 0.3) is 6.43 Å². The summed E-state index contributed by atoms with van der Waals surface area (Å²) < 4.78 is 41.9. The van der Waals surface area contributed by atoms with Crippen LogP contribution in [0.5, 0.6) is 0 Å². The van der Waals surface area contributed by atoms with Crippen LogP contribution in [0, 0.1) is 13.8 Å². The van der Waals surface area contributed by atoms with Crippen LogP contribution in [-0.4, -0.2) is 14.2 Å². The van der Waals surface area contributed by atoms with E-state index < -0.39 is 17.4 Å². The fourth-order valence-electron chi connectivity index (χ4n) is 2.29. The predicted octanol–water partition coefficient (Wildman–Crippen LogP) is 4.31. The van der Waals surface area contributed by atoms with Crippen molar-refractivity contribution >= 4 is 38.9 Å². The summed E-state index contributed by atoms with van der Waals surface area (Å²) >= 11 is 1.33. The molecule has 22 heavy (non-hydrogen) atoms. The average molecular weight is 341 g/mol. The minimum absolute atomic E-state index is 0.0458. The predicted molar refractivity (Wildman–Crippen MR) is 84.9 cm³/mol. The molecule has 0 aliphatic rings. The highest BCUT2D eigenvalue weighted by molar-refractivity contribution is 7.88. The number of thiazole rings is 1. The van der Waals surface area contributed by atoms with Crippen molar-refractivity contribution in [2.24, 2.45) is 0 Å². The van der Waals surface area contributed by atoms with E-state index in [9.17, 15) is 13.0 Å². The maximum absolute atomic E-state index is 13.1. The van der Waals surface area contributed by atoms with Gasteiger partial charge in [-0.25, -0.2) is 18.0 Å². The van der Waals surface area contributed by atoms with Crippen molar-refractivity contribution in [1.29, 1.82) is 0 Å². The summed E-state index contributed by atoms with van der Waals surface area (Å²) in [6, 6.07) is 3.47. The molecule has 2 aromatic heterocycles. The van der Waals surface area contributed by atoms with Gasteiger partial charge in [-0.3, -0.25) is 4.72 Å². The number of benzene rings is 1. The van der Waals surface area contributed by atoms with Crippen LogP contribution in [0.2, 0.25) is 0 Å². The minimum atomic E-state index is -2.56. The van der Waals surface area contributed by atoms with E-state index in [0.29, 0.717) is 20.8 Å². The van der Waals surface area contributed by atoms with Gasteiger partial charge in [-0.1, -0.05) is 6.07 Å². The molecular formula is C14H13F2N3OS2. The highest BCUT2D eigenvalue weighted by atomic mass is 32.2. The van der Waals surface area contributed by atoms with E-state index >= 15 is 0 Å². The lowest BCUT2D eigenvalue weighted by Gasteiger charge is -2.08. The van der Waals surface area contributed by atoms with E-state index in [-0.39, 0.29) is 5.56 Å². The number of fused-ring (bicyclic) bond motifs is 1. The second-order valence-corrected chi connectivity index (χ2v) is 7.47. The first-order valence-electron chi connectivity index (χ1n) is 6.47. The maximum Gasteiger partial charge on any atom is 0.265 e. The molecule has 0 spiro atoms. The molecule has 3 rings (SSSR count). The molecule has 2 N–H and O–H groups in total. The molecule has 1 atom stereocenters. The van der Waals surface area contributed by atoms with Crippen molar-refractivity contribution < 1.29 is 13.0 Å². The molecular weight excluding hydrogens is 328 g/mol. The molecule has 2 heterocycles. The highest BCUT2D eigenvalue weighted by Gasteiger charge is 2.18. The Morgan fingerprint density at radius 2 is 2.14 bits per heavy atom. The van der Waals surface area contributed by atoms with E-state index in [1.165, 1.54) is 17.5 Å². The van der Waals surface area contributed by atoms with Crippen LogP contribution >= 0.6 is 11.3 Å². The Balaban J connectivity index is 2.01. The Kier molecular flexibility index (Phi) is 3.96. The normalized spacial score (nSPS) is 13.0.